The predicted octanol–water partition coefficient (Wildman–Crippen LogP) is 1.50. The molecule has 0 radical (unpaired) electrons. The molecule has 2 rings (SSSR count). The van der Waals surface area contributed by atoms with Crippen molar-refractivity contribution in [3.8, 4) is 0 Å². The minimum atomic E-state index is -0.829. The Balaban J connectivity index is 1.92. The first-order valence-corrected chi connectivity index (χ1v) is 7.30. The molecular formula is C14H24N2O3. The normalized spacial score (nSPS) is 26.4. The maximum absolute atomic E-state index is 12.4. The van der Waals surface area contributed by atoms with Gasteiger partial charge in [-0.05, 0) is 25.7 Å². The molecule has 3 N–H and O–H groups in total. The van der Waals surface area contributed by atoms with Crippen molar-refractivity contribution in [2.24, 2.45) is 5.73 Å². The lowest BCUT2D eigenvalue weighted by atomic mass is 9.80. The van der Waals surface area contributed by atoms with Crippen LogP contribution in [0.15, 0.2) is 0 Å². The van der Waals surface area contributed by atoms with Gasteiger partial charge in [0.05, 0.1) is 6.42 Å². The minimum absolute atomic E-state index is 0.0492. The van der Waals surface area contributed by atoms with Crippen LogP contribution in [-0.2, 0) is 9.59 Å². The molecule has 0 aromatic heterocycles. The van der Waals surface area contributed by atoms with Gasteiger partial charge in [-0.1, -0.05) is 19.3 Å². The number of carboxylic acid groups (broad SMARTS) is 1. The molecule has 1 unspecified atom stereocenters. The van der Waals surface area contributed by atoms with Crippen LogP contribution in [0.4, 0.5) is 0 Å². The lowest BCUT2D eigenvalue weighted by molar-refractivity contribution is -0.140. The summed E-state index contributed by atoms with van der Waals surface area (Å²) in [6.45, 7) is 0.687. The van der Waals surface area contributed by atoms with E-state index in [0.29, 0.717) is 13.0 Å². The molecule has 19 heavy (non-hydrogen) atoms. The van der Waals surface area contributed by atoms with Gasteiger partial charge >= 0.3 is 5.97 Å². The highest BCUT2D eigenvalue weighted by atomic mass is 16.4. The third kappa shape index (κ3) is 3.69. The van der Waals surface area contributed by atoms with Crippen LogP contribution in [0.1, 0.15) is 57.8 Å². The number of carbonyl (C=O) groups is 2. The molecule has 1 aliphatic carbocycles. The van der Waals surface area contributed by atoms with Gasteiger partial charge < -0.3 is 15.7 Å². The van der Waals surface area contributed by atoms with Gasteiger partial charge in [-0.15, -0.1) is 0 Å². The highest BCUT2D eigenvalue weighted by Gasteiger charge is 2.36. The van der Waals surface area contributed by atoms with Gasteiger partial charge in [-0.3, -0.25) is 9.59 Å². The van der Waals surface area contributed by atoms with E-state index in [4.69, 9.17) is 10.8 Å². The third-order valence-electron chi connectivity index (χ3n) is 4.46. The van der Waals surface area contributed by atoms with Crippen LogP contribution < -0.4 is 5.73 Å². The number of hydrogen-bond donors (Lipinski definition) is 2. The Bertz CT molecular complexity index is 351. The van der Waals surface area contributed by atoms with Crippen LogP contribution >= 0.6 is 0 Å². The number of nitrogens with two attached hydrogens (primary N) is 1. The summed E-state index contributed by atoms with van der Waals surface area (Å²) in [6, 6.07) is -0.128. The first-order valence-electron chi connectivity index (χ1n) is 7.30. The van der Waals surface area contributed by atoms with Crippen LogP contribution in [0.25, 0.3) is 0 Å². The summed E-state index contributed by atoms with van der Waals surface area (Å²) in [4.78, 5) is 24.9. The maximum atomic E-state index is 12.4. The van der Waals surface area contributed by atoms with E-state index in [1.165, 1.54) is 6.42 Å². The van der Waals surface area contributed by atoms with Crippen molar-refractivity contribution in [3.63, 3.8) is 0 Å². The second-order valence-corrected chi connectivity index (χ2v) is 6.08. The number of hydrogen-bond acceptors (Lipinski definition) is 3. The fourth-order valence-corrected chi connectivity index (χ4v) is 3.41. The lowest BCUT2D eigenvalue weighted by Crippen LogP contribution is -2.48. The molecule has 1 saturated carbocycles. The zero-order valence-electron chi connectivity index (χ0n) is 11.4. The average molecular weight is 268 g/mol. The Morgan fingerprint density at radius 1 is 1.21 bits per heavy atom. The first-order chi connectivity index (χ1) is 9.00. The Labute approximate surface area is 114 Å². The molecule has 0 spiro atoms. The highest BCUT2D eigenvalue weighted by molar-refractivity contribution is 5.79. The average Bonchev–Trinajstić information content (AvgIpc) is 2.76. The van der Waals surface area contributed by atoms with Crippen molar-refractivity contribution in [1.29, 1.82) is 0 Å². The standard InChI is InChI=1S/C14H24N2O3/c15-14(6-2-1-3-7-14)10-12(17)16-8-4-5-11(16)9-13(18)19/h11H,1-10,15H2,(H,18,19). The number of aliphatic carboxylic acids is 1. The molecule has 1 atom stereocenters. The van der Waals surface area contributed by atoms with Crippen molar-refractivity contribution in [2.45, 2.75) is 69.4 Å². The monoisotopic (exact) mass is 268 g/mol. The Morgan fingerprint density at radius 2 is 1.89 bits per heavy atom. The van der Waals surface area contributed by atoms with Gasteiger partial charge in [-0.2, -0.15) is 0 Å². The molecule has 0 aromatic rings. The van der Waals surface area contributed by atoms with Crippen LogP contribution in [0.2, 0.25) is 0 Å². The number of likely N-dealkylation sites (tertiary alicyclic amines) is 1. The van der Waals surface area contributed by atoms with Crippen molar-refractivity contribution >= 4 is 11.9 Å². The number of amides is 1. The molecule has 1 saturated heterocycles. The summed E-state index contributed by atoms with van der Waals surface area (Å²) < 4.78 is 0. The lowest BCUT2D eigenvalue weighted by Gasteiger charge is -2.35. The largest absolute Gasteiger partial charge is 0.481 e. The Hall–Kier alpha value is -1.10. The number of rotatable bonds is 4. The number of nitrogens with zero attached hydrogens (tertiary/aromatic N) is 1. The SMILES string of the molecule is NC1(CC(=O)N2CCCC2CC(=O)O)CCCCC1. The molecule has 2 fully saturated rings. The van der Waals surface area contributed by atoms with Crippen LogP contribution in [0, 0.1) is 0 Å². The van der Waals surface area contributed by atoms with Crippen molar-refractivity contribution in [1.82, 2.24) is 4.90 Å². The summed E-state index contributed by atoms with van der Waals surface area (Å²) in [5.74, 6) is -0.780. The summed E-state index contributed by atoms with van der Waals surface area (Å²) in [7, 11) is 0. The molecule has 2 aliphatic rings. The molecule has 1 heterocycles. The molecule has 1 amide bonds. The van der Waals surface area contributed by atoms with Crippen molar-refractivity contribution in [3.05, 3.63) is 0 Å². The van der Waals surface area contributed by atoms with Crippen LogP contribution in [-0.4, -0.2) is 40.0 Å². The maximum Gasteiger partial charge on any atom is 0.305 e. The van der Waals surface area contributed by atoms with Crippen LogP contribution in [0.5, 0.6) is 0 Å². The second-order valence-electron chi connectivity index (χ2n) is 6.08. The van der Waals surface area contributed by atoms with E-state index in [9.17, 15) is 9.59 Å². The fraction of sp³-hybridized carbons (Fsp3) is 0.857. The van der Waals surface area contributed by atoms with Gasteiger partial charge in [-0.25, -0.2) is 0 Å². The second kappa shape index (κ2) is 5.90. The Kier molecular flexibility index (Phi) is 4.45. The van der Waals surface area contributed by atoms with Gasteiger partial charge in [0.2, 0.25) is 5.91 Å². The van der Waals surface area contributed by atoms with E-state index < -0.39 is 5.97 Å². The van der Waals surface area contributed by atoms with E-state index in [0.717, 1.165) is 38.5 Å². The van der Waals surface area contributed by atoms with E-state index in [-0.39, 0.29) is 23.9 Å². The zero-order chi connectivity index (χ0) is 13.9. The van der Waals surface area contributed by atoms with Gasteiger partial charge in [0.15, 0.2) is 0 Å². The van der Waals surface area contributed by atoms with Gasteiger partial charge in [0.1, 0.15) is 0 Å². The van der Waals surface area contributed by atoms with Crippen LogP contribution in [0.3, 0.4) is 0 Å². The molecular weight excluding hydrogens is 244 g/mol. The van der Waals surface area contributed by atoms with E-state index in [2.05, 4.69) is 0 Å². The fourth-order valence-electron chi connectivity index (χ4n) is 3.41. The van der Waals surface area contributed by atoms with Crippen molar-refractivity contribution in [2.75, 3.05) is 6.54 Å². The summed E-state index contributed by atoms with van der Waals surface area (Å²) in [6.07, 6.45) is 7.37. The van der Waals surface area contributed by atoms with Crippen molar-refractivity contribution < 1.29 is 14.7 Å². The molecule has 1 aliphatic heterocycles. The number of carbonyl (C=O) groups excluding carboxylic acids is 1. The Morgan fingerprint density at radius 3 is 2.53 bits per heavy atom. The molecule has 5 heteroatoms. The molecule has 108 valence electrons. The quantitative estimate of drug-likeness (QED) is 0.809. The third-order valence-corrected chi connectivity index (χ3v) is 4.46. The molecule has 5 nitrogen and oxygen atoms in total. The van der Waals surface area contributed by atoms with Gasteiger partial charge in [0.25, 0.3) is 0 Å². The summed E-state index contributed by atoms with van der Waals surface area (Å²) in [5, 5.41) is 8.88. The minimum Gasteiger partial charge on any atom is -0.481 e. The first kappa shape index (κ1) is 14.3. The molecule has 0 bridgehead atoms. The summed E-state index contributed by atoms with van der Waals surface area (Å²) in [5.41, 5.74) is 5.96. The van der Waals surface area contributed by atoms with E-state index in [1.54, 1.807) is 4.90 Å². The van der Waals surface area contributed by atoms with Gasteiger partial charge in [0, 0.05) is 24.5 Å². The number of carboxylic acids is 1. The predicted molar refractivity (Wildman–Crippen MR) is 71.6 cm³/mol. The van der Waals surface area contributed by atoms with E-state index >= 15 is 0 Å². The smallest absolute Gasteiger partial charge is 0.305 e. The summed E-state index contributed by atoms with van der Waals surface area (Å²) >= 11 is 0. The topological polar surface area (TPSA) is 83.6 Å². The highest BCUT2D eigenvalue weighted by Crippen LogP contribution is 2.31. The molecule has 0 aromatic carbocycles. The van der Waals surface area contributed by atoms with E-state index in [1.807, 2.05) is 0 Å². The zero-order valence-corrected chi connectivity index (χ0v) is 11.4.